The van der Waals surface area contributed by atoms with Gasteiger partial charge in [0, 0.05) is 5.41 Å². The summed E-state index contributed by atoms with van der Waals surface area (Å²) in [5.41, 5.74) is 0.201. The third-order valence-electron chi connectivity index (χ3n) is 2.70. The highest BCUT2D eigenvalue weighted by Gasteiger charge is 2.32. The molecule has 0 aromatic heterocycles. The van der Waals surface area contributed by atoms with Gasteiger partial charge in [-0.15, -0.1) is 0 Å². The molecule has 0 fully saturated rings. The van der Waals surface area contributed by atoms with Crippen molar-refractivity contribution in [2.75, 3.05) is 6.61 Å². The molecule has 1 aromatic rings. The summed E-state index contributed by atoms with van der Waals surface area (Å²) in [5.74, 6) is 1.12. The fourth-order valence-electron chi connectivity index (χ4n) is 1.63. The third-order valence-corrected chi connectivity index (χ3v) is 2.70. The van der Waals surface area contributed by atoms with Crippen LogP contribution in [0, 0.1) is 0 Å². The molecular weight excluding hydrogens is 216 g/mol. The summed E-state index contributed by atoms with van der Waals surface area (Å²) >= 11 is 0. The molecule has 0 unspecified atom stereocenters. The van der Waals surface area contributed by atoms with E-state index >= 15 is 0 Å². The summed E-state index contributed by atoms with van der Waals surface area (Å²) in [4.78, 5) is 22.7. The summed E-state index contributed by atoms with van der Waals surface area (Å²) in [6.07, 6.45) is 0. The average Bonchev–Trinajstić information content (AvgIpc) is 2.31. The van der Waals surface area contributed by atoms with E-state index in [1.54, 1.807) is 26.7 Å². The Morgan fingerprint density at radius 1 is 1.29 bits per heavy atom. The highest BCUT2D eigenvalue weighted by atomic mass is 16.5. The molecule has 0 atom stereocenters. The minimum atomic E-state index is -0.699. The molecule has 0 bridgehead atoms. The number of rotatable bonds is 4. The SMILES string of the molecule is CCOC(=O)C(=C=O)C(C)(C)c1ccccc1. The van der Waals surface area contributed by atoms with Crippen molar-refractivity contribution in [3.63, 3.8) is 0 Å². The molecule has 90 valence electrons. The fraction of sp³-hybridized carbons (Fsp3) is 0.357. The van der Waals surface area contributed by atoms with E-state index in [1.165, 1.54) is 0 Å². The monoisotopic (exact) mass is 232 g/mol. The van der Waals surface area contributed by atoms with E-state index in [2.05, 4.69) is 0 Å². The summed E-state index contributed by atoms with van der Waals surface area (Å²) in [7, 11) is 0. The van der Waals surface area contributed by atoms with E-state index in [0.29, 0.717) is 0 Å². The lowest BCUT2D eigenvalue weighted by Gasteiger charge is -2.24. The van der Waals surface area contributed by atoms with Crippen LogP contribution in [0.3, 0.4) is 0 Å². The second-order valence-corrected chi connectivity index (χ2v) is 4.19. The quantitative estimate of drug-likeness (QED) is 0.454. The molecule has 1 aromatic carbocycles. The van der Waals surface area contributed by atoms with Crippen LogP contribution < -0.4 is 0 Å². The molecule has 0 N–H and O–H groups in total. The van der Waals surface area contributed by atoms with Gasteiger partial charge in [-0.2, -0.15) is 0 Å². The van der Waals surface area contributed by atoms with E-state index < -0.39 is 11.4 Å². The molecule has 1 rings (SSSR count). The number of ether oxygens (including phenoxy) is 1. The first-order valence-corrected chi connectivity index (χ1v) is 5.52. The van der Waals surface area contributed by atoms with Crippen LogP contribution in [0.1, 0.15) is 26.3 Å². The standard InChI is InChI=1S/C14H16O3/c1-4-17-13(16)12(10-15)14(2,3)11-8-6-5-7-9-11/h5-9H,4H2,1-3H3. The number of hydrogen-bond donors (Lipinski definition) is 0. The predicted molar refractivity (Wildman–Crippen MR) is 65.3 cm³/mol. The van der Waals surface area contributed by atoms with Gasteiger partial charge in [0.15, 0.2) is 0 Å². The fourth-order valence-corrected chi connectivity index (χ4v) is 1.63. The molecule has 17 heavy (non-hydrogen) atoms. The van der Waals surface area contributed by atoms with Gasteiger partial charge in [-0.05, 0) is 12.5 Å². The van der Waals surface area contributed by atoms with Crippen molar-refractivity contribution in [3.05, 3.63) is 41.5 Å². The van der Waals surface area contributed by atoms with Crippen molar-refractivity contribution in [1.82, 2.24) is 0 Å². The van der Waals surface area contributed by atoms with Crippen LogP contribution in [0.25, 0.3) is 0 Å². The highest BCUT2D eigenvalue weighted by molar-refractivity contribution is 5.99. The van der Waals surface area contributed by atoms with Crippen LogP contribution in [0.2, 0.25) is 0 Å². The van der Waals surface area contributed by atoms with Crippen molar-refractivity contribution in [2.45, 2.75) is 26.2 Å². The Balaban J connectivity index is 3.12. The predicted octanol–water partition coefficient (Wildman–Crippen LogP) is 2.29. The Labute approximate surface area is 101 Å². The molecule has 0 radical (unpaired) electrons. The van der Waals surface area contributed by atoms with Crippen molar-refractivity contribution in [2.24, 2.45) is 0 Å². The number of esters is 1. The smallest absolute Gasteiger partial charge is 0.346 e. The molecule has 3 heteroatoms. The molecule has 0 aliphatic carbocycles. The zero-order valence-corrected chi connectivity index (χ0v) is 10.3. The van der Waals surface area contributed by atoms with Gasteiger partial charge in [0.05, 0.1) is 6.61 Å². The summed E-state index contributed by atoms with van der Waals surface area (Å²) < 4.78 is 4.86. The summed E-state index contributed by atoms with van der Waals surface area (Å²) in [6, 6.07) is 9.36. The lowest BCUT2D eigenvalue weighted by atomic mass is 9.78. The second-order valence-electron chi connectivity index (χ2n) is 4.19. The normalized spacial score (nSPS) is 10.5. The minimum Gasteiger partial charge on any atom is -0.462 e. The zero-order valence-electron chi connectivity index (χ0n) is 10.3. The Morgan fingerprint density at radius 3 is 2.35 bits per heavy atom. The summed E-state index contributed by atoms with van der Waals surface area (Å²) in [5, 5.41) is 0. The maximum atomic E-state index is 11.7. The Bertz CT molecular complexity index is 440. The van der Waals surface area contributed by atoms with Gasteiger partial charge >= 0.3 is 5.97 Å². The highest BCUT2D eigenvalue weighted by Crippen LogP contribution is 2.30. The van der Waals surface area contributed by atoms with Crippen molar-refractivity contribution in [1.29, 1.82) is 0 Å². The van der Waals surface area contributed by atoms with Crippen LogP contribution in [-0.2, 0) is 19.7 Å². The number of carbonyl (C=O) groups excluding carboxylic acids is 2. The minimum absolute atomic E-state index is 0.0190. The molecule has 0 aliphatic rings. The van der Waals surface area contributed by atoms with Gasteiger partial charge in [-0.1, -0.05) is 44.2 Å². The molecule has 0 saturated heterocycles. The summed E-state index contributed by atoms with van der Waals surface area (Å²) in [6.45, 7) is 5.56. The van der Waals surface area contributed by atoms with E-state index in [1.807, 2.05) is 30.3 Å². The van der Waals surface area contributed by atoms with Crippen LogP contribution >= 0.6 is 0 Å². The number of benzene rings is 1. The molecule has 0 spiro atoms. The van der Waals surface area contributed by atoms with Gasteiger partial charge in [0.2, 0.25) is 0 Å². The second kappa shape index (κ2) is 5.46. The Kier molecular flexibility index (Phi) is 4.24. The molecule has 3 nitrogen and oxygen atoms in total. The maximum Gasteiger partial charge on any atom is 0.346 e. The van der Waals surface area contributed by atoms with Gasteiger partial charge in [0.25, 0.3) is 0 Å². The first kappa shape index (κ1) is 13.2. The van der Waals surface area contributed by atoms with Gasteiger partial charge < -0.3 is 4.74 Å². The zero-order chi connectivity index (χ0) is 12.9. The molecule has 0 saturated carbocycles. The van der Waals surface area contributed by atoms with Crippen molar-refractivity contribution >= 4 is 11.9 Å². The number of carbonyl (C=O) groups is 1. The first-order chi connectivity index (χ1) is 8.04. The largest absolute Gasteiger partial charge is 0.462 e. The van der Waals surface area contributed by atoms with E-state index in [9.17, 15) is 9.59 Å². The maximum absolute atomic E-state index is 11.7. The van der Waals surface area contributed by atoms with E-state index in [-0.39, 0.29) is 12.2 Å². The lowest BCUT2D eigenvalue weighted by molar-refractivity contribution is -0.139. The van der Waals surface area contributed by atoms with Crippen LogP contribution in [0.5, 0.6) is 0 Å². The first-order valence-electron chi connectivity index (χ1n) is 5.52. The third kappa shape index (κ3) is 2.83. The topological polar surface area (TPSA) is 43.4 Å². The van der Waals surface area contributed by atoms with Gasteiger partial charge in [-0.25, -0.2) is 9.59 Å². The van der Waals surface area contributed by atoms with Gasteiger partial charge in [-0.3, -0.25) is 0 Å². The van der Waals surface area contributed by atoms with E-state index in [0.717, 1.165) is 5.56 Å². The molecular formula is C14H16O3. The van der Waals surface area contributed by atoms with Crippen LogP contribution in [0.4, 0.5) is 0 Å². The van der Waals surface area contributed by atoms with Crippen molar-refractivity contribution in [3.8, 4) is 0 Å². The Hall–Kier alpha value is -1.86. The van der Waals surface area contributed by atoms with Crippen LogP contribution in [0.15, 0.2) is 35.9 Å². The number of hydrogen-bond acceptors (Lipinski definition) is 3. The van der Waals surface area contributed by atoms with E-state index in [4.69, 9.17) is 4.74 Å². The van der Waals surface area contributed by atoms with Crippen molar-refractivity contribution < 1.29 is 14.3 Å². The lowest BCUT2D eigenvalue weighted by Crippen LogP contribution is -2.27. The Morgan fingerprint density at radius 2 is 1.88 bits per heavy atom. The molecule has 0 amide bonds. The molecule has 0 heterocycles. The average molecular weight is 232 g/mol. The van der Waals surface area contributed by atoms with Gasteiger partial charge in [0.1, 0.15) is 11.5 Å². The van der Waals surface area contributed by atoms with Crippen LogP contribution in [-0.4, -0.2) is 18.5 Å². The molecule has 0 aliphatic heterocycles.